The molecule has 0 aliphatic carbocycles. The molecule has 41 heteroatoms. The fourth-order valence-electron chi connectivity index (χ4n) is 11.7. The van der Waals surface area contributed by atoms with Gasteiger partial charge in [0.2, 0.25) is 11.8 Å². The van der Waals surface area contributed by atoms with Gasteiger partial charge in [-0.3, -0.25) is 9.59 Å². The van der Waals surface area contributed by atoms with Crippen molar-refractivity contribution in [3.05, 3.63) is 0 Å². The molecule has 7 aliphatic heterocycles. The lowest BCUT2D eigenvalue weighted by molar-refractivity contribution is -0.392. The highest BCUT2D eigenvalue weighted by atomic mass is 32.0. The molecule has 22 N–H and O–H groups in total. The van der Waals surface area contributed by atoms with Crippen molar-refractivity contribution in [2.75, 3.05) is 46.3 Å². The number of carbonyl (C=O) groups excluding carboxylic acids is 2. The molecule has 0 bridgehead atoms. The first-order valence-electron chi connectivity index (χ1n) is 29.3. The van der Waals surface area contributed by atoms with Gasteiger partial charge < -0.3 is 179 Å². The van der Waals surface area contributed by atoms with Crippen LogP contribution in [0.25, 0.3) is 0 Å². The number of carbonyl (C=O) groups is 3. The van der Waals surface area contributed by atoms with Crippen LogP contribution in [0.2, 0.25) is 0 Å². The first kappa shape index (κ1) is 77.3. The van der Waals surface area contributed by atoms with Crippen LogP contribution in [0.5, 0.6) is 0 Å². The molecule has 0 aromatic carbocycles. The molecule has 39 nitrogen and oxygen atoms in total. The minimum absolute atomic E-state index is 0.815. The highest BCUT2D eigenvalue weighted by Crippen LogP contribution is 2.47. The van der Waals surface area contributed by atoms with E-state index in [-0.39, 0.29) is 0 Å². The van der Waals surface area contributed by atoms with Crippen molar-refractivity contribution in [1.29, 1.82) is 0 Å². The molecule has 0 spiro atoms. The molecule has 0 saturated carbocycles. The SMILES string of the molecule is CC(=O)NC1[C@H](O[C@@H]2C(CO)O[C@H](OP(C)P)C(O[C@@H]3OC(CO)[C@@H](O[C@@H]4OC(CO)[C@H](O)[C@H](O)C4O)[C@H](O[C@@H]4OC(C)[C@@H](O)C(O)C4O)C3NC(C)=O)[C@H]2O)OC(CO)[C@@H](O[C@@H]2OC(CO[C@]3(C(=O)O)C[C@@H](O)[C@@H](C)C([C@H](O)[C@H](O)CO)O3)[C@H](O)[C@H](O)C2O)[C@@H]1O. The summed E-state index contributed by atoms with van der Waals surface area (Å²) in [6.07, 6.45) is -62.0. The van der Waals surface area contributed by atoms with Crippen LogP contribution in [0.15, 0.2) is 0 Å². The van der Waals surface area contributed by atoms with Gasteiger partial charge in [-0.15, -0.1) is 0 Å². The van der Waals surface area contributed by atoms with E-state index >= 15 is 0 Å². The topological polar surface area (TPSA) is 609 Å². The van der Waals surface area contributed by atoms with Crippen LogP contribution >= 0.6 is 16.8 Å². The number of carboxylic acid groups (broad SMARTS) is 1. The van der Waals surface area contributed by atoms with E-state index in [2.05, 4.69) is 19.6 Å². The first-order valence-corrected chi connectivity index (χ1v) is 32.6. The van der Waals surface area contributed by atoms with E-state index in [1.807, 2.05) is 0 Å². The molecule has 7 rings (SSSR count). The predicted molar refractivity (Wildman–Crippen MR) is 295 cm³/mol. The van der Waals surface area contributed by atoms with Gasteiger partial charge >= 0.3 is 5.97 Å². The van der Waals surface area contributed by atoms with Gasteiger partial charge in [-0.05, 0) is 13.6 Å². The lowest BCUT2D eigenvalue weighted by Crippen LogP contribution is -2.71. The lowest BCUT2D eigenvalue weighted by Gasteiger charge is -2.52. The number of carboxylic acids is 1. The Morgan fingerprint density at radius 2 is 0.946 bits per heavy atom. The third kappa shape index (κ3) is 17.0. The fraction of sp³-hybridized carbons (Fsp3) is 0.941. The molecule has 0 aromatic rings. The largest absolute Gasteiger partial charge is 0.477 e. The fourth-order valence-corrected chi connectivity index (χ4v) is 12.6. The van der Waals surface area contributed by atoms with Gasteiger partial charge in [0.1, 0.15) is 152 Å². The Hall–Kier alpha value is -2.05. The summed E-state index contributed by atoms with van der Waals surface area (Å²) in [5, 5.41) is 222. The van der Waals surface area contributed by atoms with Crippen molar-refractivity contribution in [3.63, 3.8) is 0 Å². The van der Waals surface area contributed by atoms with Gasteiger partial charge in [-0.1, -0.05) is 15.9 Å². The minimum Gasteiger partial charge on any atom is -0.477 e. The van der Waals surface area contributed by atoms with Crippen LogP contribution in [0.3, 0.4) is 0 Å². The maximum absolute atomic E-state index is 13.2. The molecule has 92 heavy (non-hydrogen) atoms. The summed E-state index contributed by atoms with van der Waals surface area (Å²) >= 11 is 0. The monoisotopic (exact) mass is 1380 g/mol. The second kappa shape index (κ2) is 33.2. The van der Waals surface area contributed by atoms with Gasteiger partial charge in [0.15, 0.2) is 37.7 Å². The van der Waals surface area contributed by atoms with Gasteiger partial charge in [-0.25, -0.2) is 4.79 Å². The van der Waals surface area contributed by atoms with Crippen LogP contribution < -0.4 is 10.6 Å². The Morgan fingerprint density at radius 3 is 1.47 bits per heavy atom. The molecule has 2 amide bonds. The number of nitrogens with one attached hydrogen (secondary N) is 2. The van der Waals surface area contributed by atoms with E-state index < -0.39 is 292 Å². The Labute approximate surface area is 527 Å². The molecule has 7 saturated heterocycles. The van der Waals surface area contributed by atoms with Gasteiger partial charge in [-0.2, -0.15) is 0 Å². The zero-order chi connectivity index (χ0) is 68.3. The summed E-state index contributed by atoms with van der Waals surface area (Å²) in [7, 11) is 0.736. The highest BCUT2D eigenvalue weighted by Gasteiger charge is 2.61. The van der Waals surface area contributed by atoms with Crippen molar-refractivity contribution in [1.82, 2.24) is 10.6 Å². The number of amides is 2. The average Bonchev–Trinajstić information content (AvgIpc) is 0.773. The number of aliphatic hydroxyl groups excluding tert-OH is 19. The first-order chi connectivity index (χ1) is 43.3. The van der Waals surface area contributed by atoms with E-state index in [1.165, 1.54) is 13.8 Å². The van der Waals surface area contributed by atoms with Gasteiger partial charge in [0, 0.05) is 34.0 Å². The van der Waals surface area contributed by atoms with Crippen LogP contribution in [0.4, 0.5) is 0 Å². The number of aliphatic hydroxyl groups is 19. The van der Waals surface area contributed by atoms with Gasteiger partial charge in [0.25, 0.3) is 5.79 Å². The van der Waals surface area contributed by atoms with E-state index in [4.69, 9.17) is 66.1 Å². The average molecular weight is 1380 g/mol. The molecular weight excluding hydrogens is 1290 g/mol. The number of hydrogen-bond donors (Lipinski definition) is 22. The Balaban J connectivity index is 1.16. The van der Waals surface area contributed by atoms with Crippen LogP contribution in [0.1, 0.15) is 34.1 Å². The molecule has 7 aliphatic rings. The lowest BCUT2D eigenvalue weighted by atomic mass is 9.84. The van der Waals surface area contributed by atoms with Crippen LogP contribution in [-0.2, 0) is 80.5 Å². The van der Waals surface area contributed by atoms with E-state index in [0.717, 1.165) is 13.8 Å². The smallest absolute Gasteiger partial charge is 0.364 e. The summed E-state index contributed by atoms with van der Waals surface area (Å²) in [5.74, 6) is -7.56. The quantitative estimate of drug-likeness (QED) is 0.0377. The van der Waals surface area contributed by atoms with Crippen molar-refractivity contribution < 1.29 is 183 Å². The predicted octanol–water partition coefficient (Wildman–Crippen LogP) is -12.6. The Kier molecular flexibility index (Phi) is 27.9. The van der Waals surface area contributed by atoms with Crippen LogP contribution in [-0.4, -0.2) is 381 Å². The molecule has 0 aromatic heterocycles. The molecule has 534 valence electrons. The number of rotatable bonds is 25. The zero-order valence-corrected chi connectivity index (χ0v) is 52.1. The van der Waals surface area contributed by atoms with Crippen molar-refractivity contribution in [2.24, 2.45) is 5.92 Å². The van der Waals surface area contributed by atoms with Crippen LogP contribution in [0, 0.1) is 5.92 Å². The third-order valence-corrected chi connectivity index (χ3v) is 17.8. The second-order valence-electron chi connectivity index (χ2n) is 23.5. The summed E-state index contributed by atoms with van der Waals surface area (Å²) < 4.78 is 83.6. The third-order valence-electron chi connectivity index (χ3n) is 16.9. The molecule has 7 heterocycles. The maximum atomic E-state index is 13.2. The molecule has 0 radical (unpaired) electrons. The normalized spacial score (nSPS) is 48.0. The molecule has 38 atom stereocenters. The van der Waals surface area contributed by atoms with E-state index in [9.17, 15) is 117 Å². The Morgan fingerprint density at radius 1 is 0.522 bits per heavy atom. The van der Waals surface area contributed by atoms with Crippen molar-refractivity contribution in [3.8, 4) is 0 Å². The summed E-state index contributed by atoms with van der Waals surface area (Å²) in [6.45, 7) is 0.0103. The number of ether oxygens (including phenoxy) is 13. The van der Waals surface area contributed by atoms with Gasteiger partial charge in [0.05, 0.1) is 58.0 Å². The maximum Gasteiger partial charge on any atom is 0.364 e. The Bertz CT molecular complexity index is 2350. The summed E-state index contributed by atoms with van der Waals surface area (Å²) in [4.78, 5) is 38.9. The molecule has 7 fully saturated rings. The minimum atomic E-state index is -2.85. The highest BCUT2D eigenvalue weighted by molar-refractivity contribution is 8.10. The van der Waals surface area contributed by atoms with E-state index in [1.54, 1.807) is 6.66 Å². The summed E-state index contributed by atoms with van der Waals surface area (Å²) in [5.41, 5.74) is 0. The zero-order valence-electron chi connectivity index (χ0n) is 50.1. The van der Waals surface area contributed by atoms with Crippen molar-refractivity contribution >= 4 is 34.5 Å². The number of aliphatic carboxylic acids is 1. The second-order valence-corrected chi connectivity index (χ2v) is 27.0. The van der Waals surface area contributed by atoms with Crippen molar-refractivity contribution in [2.45, 2.75) is 248 Å². The number of hydrogen-bond acceptors (Lipinski definition) is 36. The summed E-state index contributed by atoms with van der Waals surface area (Å²) in [6, 6.07) is -3.68. The standard InChI is InChI=1S/C51H88N2O37P2/c1-13-17(61)6-51(50(75)76,89-38(13)27(64)18(62)7-54)77-12-23-29(66)33(70)36(73)48(83-23)85-39-20(9-56)80-44(24(30(39)67)52-15(3)59)84-40-21(10-57)82-49(90-92(5)91)43(37(40)74)88-45-25(53-16(4)60)42(87-46-34(71)31(68)26(63)14(2)78-46)41(22(11-58)81-45)86-47-35(72)32(69)28(65)19(8-55)79-47/h13-14,17-49,54-58,61-74H,6-12,91H2,1-5H3,(H,52,59)(H,53,60)(H,75,76)/t13-,14?,17-,18-,19?,20?,21?,22?,23?,24?,25?,26-,27-,28+,29+,30-,31?,32+,33+,34?,35?,36?,37+,38?,39-,40-,41-,42-,43?,44+,45+,46+,47+,48+,49-,51-,92?/m1/s1. The molecule has 16 unspecified atom stereocenters. The van der Waals surface area contributed by atoms with E-state index in [0.29, 0.717) is 0 Å². The molecular formula is C51H88N2O37P2.